The first-order chi connectivity index (χ1) is 18.8. The van der Waals surface area contributed by atoms with Crippen molar-refractivity contribution in [2.75, 3.05) is 28.2 Å². The number of Topliss-reactive ketones (excluding diaryl/α,β-unsaturated/α-hetero) is 2. The molecule has 210 valence electrons. The highest BCUT2D eigenvalue weighted by Crippen LogP contribution is 2.53. The van der Waals surface area contributed by atoms with Gasteiger partial charge in [-0.05, 0) is 75.3 Å². The number of nitrogens with two attached hydrogens (primary N) is 1. The van der Waals surface area contributed by atoms with E-state index in [0.29, 0.717) is 5.56 Å². The number of aliphatic hydroxyl groups excluding tert-OH is 2. The van der Waals surface area contributed by atoms with Crippen LogP contribution >= 0.6 is 0 Å². The summed E-state index contributed by atoms with van der Waals surface area (Å²) in [5.74, 6) is -6.64. The van der Waals surface area contributed by atoms with Crippen LogP contribution < -0.4 is 5.73 Å². The number of aliphatic hydroxyl groups is 3. The number of benzene rings is 2. The minimum atomic E-state index is -2.65. The van der Waals surface area contributed by atoms with Gasteiger partial charge in [-0.15, -0.1) is 0 Å². The van der Waals surface area contributed by atoms with Crippen LogP contribution in [0.25, 0.3) is 16.9 Å². The number of hydrogen-bond donors (Lipinski definition) is 5. The summed E-state index contributed by atoms with van der Waals surface area (Å²) >= 11 is 0. The number of hydrogen-bond acceptors (Lipinski definition) is 9. The number of carbonyl (C=O) groups is 3. The maximum absolute atomic E-state index is 14.0. The maximum Gasteiger partial charge on any atom is 0.255 e. The average Bonchev–Trinajstić information content (AvgIpc) is 2.86. The van der Waals surface area contributed by atoms with Crippen molar-refractivity contribution in [3.05, 3.63) is 70.0 Å². The third kappa shape index (κ3) is 3.94. The van der Waals surface area contributed by atoms with Crippen molar-refractivity contribution in [2.45, 2.75) is 31.0 Å². The summed E-state index contributed by atoms with van der Waals surface area (Å²) in [6.45, 7) is 0.764. The molecule has 40 heavy (non-hydrogen) atoms. The number of phenols is 1. The van der Waals surface area contributed by atoms with Crippen LogP contribution in [0.4, 0.5) is 0 Å². The predicted octanol–water partition coefficient (Wildman–Crippen LogP) is 1.69. The monoisotopic (exact) mass is 547 g/mol. The molecule has 0 radical (unpaired) electrons. The Hall–Kier alpha value is -3.99. The third-order valence-corrected chi connectivity index (χ3v) is 8.37. The van der Waals surface area contributed by atoms with Crippen LogP contribution in [-0.4, -0.2) is 87.5 Å². The van der Waals surface area contributed by atoms with Gasteiger partial charge in [-0.25, -0.2) is 0 Å². The number of likely N-dealkylation sites (N-methyl/N-ethyl adjacent to an activating group) is 1. The summed E-state index contributed by atoms with van der Waals surface area (Å²) in [7, 11) is 7.11. The molecule has 3 aliphatic carbocycles. The number of ketones is 2. The van der Waals surface area contributed by atoms with Gasteiger partial charge in [0.2, 0.25) is 5.78 Å². The molecule has 1 fully saturated rings. The summed E-state index contributed by atoms with van der Waals surface area (Å²) in [6.07, 6.45) is 0.278. The van der Waals surface area contributed by atoms with E-state index < -0.39 is 58.0 Å². The van der Waals surface area contributed by atoms with Crippen molar-refractivity contribution in [3.63, 3.8) is 0 Å². The van der Waals surface area contributed by atoms with Gasteiger partial charge < -0.3 is 31.1 Å². The number of aromatic hydroxyl groups is 1. The Kier molecular flexibility index (Phi) is 6.60. The molecule has 10 nitrogen and oxygen atoms in total. The second-order valence-corrected chi connectivity index (χ2v) is 11.4. The quantitative estimate of drug-likeness (QED) is 0.350. The molecule has 0 aromatic heterocycles. The van der Waals surface area contributed by atoms with E-state index >= 15 is 0 Å². The van der Waals surface area contributed by atoms with Crippen molar-refractivity contribution in [1.29, 1.82) is 0 Å². The zero-order valence-corrected chi connectivity index (χ0v) is 22.8. The lowest BCUT2D eigenvalue weighted by atomic mass is 9.57. The van der Waals surface area contributed by atoms with E-state index in [1.807, 2.05) is 38.4 Å². The summed E-state index contributed by atoms with van der Waals surface area (Å²) < 4.78 is 0. The molecule has 3 aliphatic rings. The van der Waals surface area contributed by atoms with Crippen molar-refractivity contribution in [3.8, 4) is 16.9 Å². The van der Waals surface area contributed by atoms with Crippen LogP contribution in [-0.2, 0) is 27.3 Å². The van der Waals surface area contributed by atoms with Gasteiger partial charge in [-0.1, -0.05) is 30.3 Å². The minimum Gasteiger partial charge on any atom is -0.508 e. The van der Waals surface area contributed by atoms with Crippen LogP contribution in [0.2, 0.25) is 0 Å². The fourth-order valence-corrected chi connectivity index (χ4v) is 6.67. The molecule has 0 unspecified atom stereocenters. The predicted molar refractivity (Wildman–Crippen MR) is 147 cm³/mol. The van der Waals surface area contributed by atoms with E-state index in [2.05, 4.69) is 4.90 Å². The number of primary amides is 1. The Balaban J connectivity index is 1.67. The van der Waals surface area contributed by atoms with Gasteiger partial charge in [0.15, 0.2) is 11.4 Å². The molecule has 1 amide bonds. The summed E-state index contributed by atoms with van der Waals surface area (Å²) in [5, 5.41) is 44.9. The number of nitrogens with zero attached hydrogens (tertiary/aromatic N) is 2. The smallest absolute Gasteiger partial charge is 0.255 e. The fraction of sp³-hybridized carbons (Fsp3) is 0.367. The molecule has 0 bridgehead atoms. The molecule has 2 aromatic carbocycles. The number of fused-ring (bicyclic) bond motifs is 3. The average molecular weight is 548 g/mol. The van der Waals surface area contributed by atoms with Crippen molar-refractivity contribution >= 4 is 23.2 Å². The largest absolute Gasteiger partial charge is 0.508 e. The van der Waals surface area contributed by atoms with Gasteiger partial charge in [-0.2, -0.15) is 0 Å². The van der Waals surface area contributed by atoms with E-state index in [9.17, 15) is 34.8 Å². The Morgan fingerprint density at radius 2 is 1.68 bits per heavy atom. The third-order valence-electron chi connectivity index (χ3n) is 8.37. The first-order valence-corrected chi connectivity index (χ1v) is 13.0. The standard InChI is InChI=1S/C30H33N3O7/c1-32(2)13-14-5-7-15(8-6-14)17-9-10-20(34)22-18(17)11-16-12-19-24(33(3)4)26(36)23(29(31)39)28(38)30(19,40)27(37)21(16)25(22)35/h5-10,16,19,24,34-35,38,40H,11-13H2,1-4H3,(H2,31,39)/t16-,19-,24-,30-/m0/s1. The summed E-state index contributed by atoms with van der Waals surface area (Å²) in [5.41, 5.74) is 5.17. The minimum absolute atomic E-state index is 0.0443. The van der Waals surface area contributed by atoms with Gasteiger partial charge in [0.1, 0.15) is 22.8 Å². The van der Waals surface area contributed by atoms with E-state index in [1.54, 1.807) is 20.2 Å². The van der Waals surface area contributed by atoms with Crippen LogP contribution in [0, 0.1) is 11.8 Å². The molecule has 0 saturated heterocycles. The molecule has 6 N–H and O–H groups in total. The Bertz CT molecular complexity index is 1510. The fourth-order valence-electron chi connectivity index (χ4n) is 6.67. The molecular weight excluding hydrogens is 514 g/mol. The van der Waals surface area contributed by atoms with Crippen molar-refractivity contribution < 1.29 is 34.8 Å². The first kappa shape index (κ1) is 27.6. The molecular formula is C30H33N3O7. The Morgan fingerprint density at radius 1 is 1.02 bits per heavy atom. The van der Waals surface area contributed by atoms with Gasteiger partial charge in [0, 0.05) is 18.0 Å². The second-order valence-electron chi connectivity index (χ2n) is 11.4. The summed E-state index contributed by atoms with van der Waals surface area (Å²) in [4.78, 5) is 42.8. The zero-order chi connectivity index (χ0) is 29.3. The van der Waals surface area contributed by atoms with Crippen LogP contribution in [0.5, 0.6) is 5.75 Å². The lowest BCUT2D eigenvalue weighted by Crippen LogP contribution is -2.65. The van der Waals surface area contributed by atoms with Crippen LogP contribution in [0.1, 0.15) is 23.1 Å². The maximum atomic E-state index is 14.0. The SMILES string of the molecule is CN(C)Cc1ccc(-c2ccc(O)c3c2C[C@H]2C[C@H]4[C@H](N(C)C)C(=O)C(C(N)=O)=C(O)[C@@]4(O)C(=O)C2=C3O)cc1. The highest BCUT2D eigenvalue weighted by atomic mass is 16.3. The van der Waals surface area contributed by atoms with Crippen molar-refractivity contribution in [1.82, 2.24) is 9.80 Å². The van der Waals surface area contributed by atoms with Crippen molar-refractivity contribution in [2.24, 2.45) is 17.6 Å². The number of rotatable bonds is 5. The van der Waals surface area contributed by atoms with E-state index in [4.69, 9.17) is 5.73 Å². The zero-order valence-electron chi connectivity index (χ0n) is 22.8. The molecule has 5 rings (SSSR count). The Morgan fingerprint density at radius 3 is 2.25 bits per heavy atom. The van der Waals surface area contributed by atoms with Gasteiger partial charge >= 0.3 is 0 Å². The molecule has 2 aromatic rings. The van der Waals surface area contributed by atoms with Crippen LogP contribution in [0.3, 0.4) is 0 Å². The topological polar surface area (TPSA) is 165 Å². The normalized spacial score (nSPS) is 26.2. The number of carbonyl (C=O) groups excluding carboxylic acids is 3. The number of phenolic OH excluding ortho intramolecular Hbond substituents is 1. The lowest BCUT2D eigenvalue weighted by Gasteiger charge is -2.50. The van der Waals surface area contributed by atoms with E-state index in [-0.39, 0.29) is 29.7 Å². The highest BCUT2D eigenvalue weighted by Gasteiger charge is 2.64. The molecule has 4 atom stereocenters. The van der Waals surface area contributed by atoms with Gasteiger partial charge in [0.05, 0.1) is 11.6 Å². The molecule has 0 heterocycles. The highest BCUT2D eigenvalue weighted by molar-refractivity contribution is 6.24. The summed E-state index contributed by atoms with van der Waals surface area (Å²) in [6, 6.07) is 10.0. The second kappa shape index (κ2) is 9.58. The molecule has 10 heteroatoms. The molecule has 0 spiro atoms. The number of amides is 1. The first-order valence-electron chi connectivity index (χ1n) is 13.0. The van der Waals surface area contributed by atoms with E-state index in [1.165, 1.54) is 11.0 Å². The lowest BCUT2D eigenvalue weighted by molar-refractivity contribution is -0.153. The van der Waals surface area contributed by atoms with Gasteiger partial charge in [-0.3, -0.25) is 19.3 Å². The van der Waals surface area contributed by atoms with Gasteiger partial charge in [0.25, 0.3) is 5.91 Å². The van der Waals surface area contributed by atoms with Crippen LogP contribution in [0.15, 0.2) is 53.3 Å². The Labute approximate surface area is 231 Å². The molecule has 0 aliphatic heterocycles. The van der Waals surface area contributed by atoms with E-state index in [0.717, 1.165) is 23.2 Å². The molecule has 1 saturated carbocycles.